The number of carboxylic acids is 1. The quantitative estimate of drug-likeness (QED) is 0.415. The Morgan fingerprint density at radius 2 is 1.97 bits per heavy atom. The molecule has 0 saturated heterocycles. The van der Waals surface area contributed by atoms with Crippen molar-refractivity contribution in [3.05, 3.63) is 40.6 Å². The lowest BCUT2D eigenvalue weighted by Gasteiger charge is -2.32. The maximum atomic E-state index is 13.9. The van der Waals surface area contributed by atoms with Crippen molar-refractivity contribution in [3.8, 4) is 17.1 Å². The summed E-state index contributed by atoms with van der Waals surface area (Å²) in [6.45, 7) is 5.28. The molecule has 0 aliphatic heterocycles. The van der Waals surface area contributed by atoms with E-state index in [0.29, 0.717) is 12.1 Å². The number of aromatic hydroxyl groups is 1. The average molecular weight is 453 g/mol. The van der Waals surface area contributed by atoms with E-state index in [0.717, 1.165) is 12.1 Å². The SMILES string of the molecule is CC[C@@H](CC(N)(C(=O)O)C(C)C)c1nc2nc(O)[nH]c2c(-c2ccc(F)c(F)c2)c1Cl. The number of nitrogens with one attached hydrogen (secondary N) is 1. The Labute approximate surface area is 182 Å². The molecule has 0 radical (unpaired) electrons. The number of hydrogen-bond acceptors (Lipinski definition) is 5. The summed E-state index contributed by atoms with van der Waals surface area (Å²) in [4.78, 5) is 22.9. The van der Waals surface area contributed by atoms with Gasteiger partial charge in [0, 0.05) is 11.5 Å². The van der Waals surface area contributed by atoms with Gasteiger partial charge in [0.25, 0.3) is 6.01 Å². The monoisotopic (exact) mass is 452 g/mol. The van der Waals surface area contributed by atoms with Crippen molar-refractivity contribution in [3.63, 3.8) is 0 Å². The second kappa shape index (κ2) is 8.39. The summed E-state index contributed by atoms with van der Waals surface area (Å²) in [6.07, 6.45) is 0.507. The Morgan fingerprint density at radius 3 is 2.52 bits per heavy atom. The lowest BCUT2D eigenvalue weighted by atomic mass is 9.77. The minimum Gasteiger partial charge on any atom is -0.480 e. The van der Waals surface area contributed by atoms with Gasteiger partial charge in [-0.3, -0.25) is 4.79 Å². The predicted molar refractivity (Wildman–Crippen MR) is 113 cm³/mol. The molecule has 5 N–H and O–H groups in total. The van der Waals surface area contributed by atoms with E-state index in [1.807, 2.05) is 6.92 Å². The number of nitrogens with zero attached hydrogens (tertiary/aromatic N) is 2. The topological polar surface area (TPSA) is 125 Å². The van der Waals surface area contributed by atoms with Gasteiger partial charge in [-0.05, 0) is 36.5 Å². The lowest BCUT2D eigenvalue weighted by Crippen LogP contribution is -2.53. The van der Waals surface area contributed by atoms with E-state index in [9.17, 15) is 23.8 Å². The third-order valence-electron chi connectivity index (χ3n) is 5.69. The number of hydrogen-bond donors (Lipinski definition) is 4. The highest BCUT2D eigenvalue weighted by molar-refractivity contribution is 6.35. The number of aromatic amines is 1. The first-order valence-electron chi connectivity index (χ1n) is 9.75. The molecule has 1 unspecified atom stereocenters. The molecular formula is C21H23ClF2N4O3. The molecule has 10 heteroatoms. The van der Waals surface area contributed by atoms with Gasteiger partial charge in [-0.15, -0.1) is 0 Å². The number of carboxylic acid groups (broad SMARTS) is 1. The fourth-order valence-corrected chi connectivity index (χ4v) is 4.01. The van der Waals surface area contributed by atoms with Gasteiger partial charge >= 0.3 is 5.97 Å². The second-order valence-corrected chi connectivity index (χ2v) is 8.26. The van der Waals surface area contributed by atoms with Gasteiger partial charge in [-0.25, -0.2) is 13.8 Å². The largest absolute Gasteiger partial charge is 0.480 e. The lowest BCUT2D eigenvalue weighted by molar-refractivity contribution is -0.145. The fraction of sp³-hybridized carbons (Fsp3) is 0.381. The molecule has 0 bridgehead atoms. The molecule has 3 aromatic rings. The Kier molecular flexibility index (Phi) is 6.20. The van der Waals surface area contributed by atoms with Gasteiger partial charge in [0.15, 0.2) is 17.3 Å². The van der Waals surface area contributed by atoms with Gasteiger partial charge < -0.3 is 20.9 Å². The fourth-order valence-electron chi connectivity index (χ4n) is 3.61. The number of imidazole rings is 1. The zero-order valence-corrected chi connectivity index (χ0v) is 18.0. The van der Waals surface area contributed by atoms with Gasteiger partial charge in [-0.1, -0.05) is 38.4 Å². The second-order valence-electron chi connectivity index (χ2n) is 7.88. The van der Waals surface area contributed by atoms with Gasteiger partial charge in [0.05, 0.1) is 16.2 Å². The van der Waals surface area contributed by atoms with E-state index in [1.165, 1.54) is 6.07 Å². The third-order valence-corrected chi connectivity index (χ3v) is 6.08. The number of carbonyl (C=O) groups is 1. The Morgan fingerprint density at radius 1 is 1.29 bits per heavy atom. The molecule has 0 fully saturated rings. The first-order chi connectivity index (χ1) is 14.5. The molecule has 2 heterocycles. The van der Waals surface area contributed by atoms with Gasteiger partial charge in [0.2, 0.25) is 0 Å². The molecule has 0 saturated carbocycles. The molecule has 0 aliphatic carbocycles. The van der Waals surface area contributed by atoms with E-state index in [1.54, 1.807) is 13.8 Å². The molecule has 1 aromatic carbocycles. The number of fused-ring (bicyclic) bond motifs is 1. The van der Waals surface area contributed by atoms with Crippen molar-refractivity contribution in [2.75, 3.05) is 0 Å². The number of halogens is 3. The molecule has 166 valence electrons. The van der Waals surface area contributed by atoms with Crippen molar-refractivity contribution in [1.29, 1.82) is 0 Å². The Bertz CT molecular complexity index is 1150. The maximum Gasteiger partial charge on any atom is 0.323 e. The van der Waals surface area contributed by atoms with Crippen molar-refractivity contribution in [1.82, 2.24) is 15.0 Å². The van der Waals surface area contributed by atoms with Crippen LogP contribution in [-0.4, -0.2) is 36.7 Å². The van der Waals surface area contributed by atoms with E-state index in [4.69, 9.17) is 17.3 Å². The van der Waals surface area contributed by atoms with Crippen molar-refractivity contribution in [2.45, 2.75) is 45.1 Å². The highest BCUT2D eigenvalue weighted by Crippen LogP contribution is 2.42. The van der Waals surface area contributed by atoms with Gasteiger partial charge in [0.1, 0.15) is 5.54 Å². The standard InChI is InChI=1S/C21H23ClF2N4O3/c1-4-10(8-21(25,9(2)3)19(29)30)16-15(22)14(11-5-6-12(23)13(24)7-11)17-18(26-16)28-20(31)27-17/h5-7,9-10H,4,8,25H2,1-3H3,(H,29,30)(H2,26,27,28,31)/t10-,21?/m0/s1. The summed E-state index contributed by atoms with van der Waals surface area (Å²) in [5.74, 6) is -4.07. The molecule has 0 spiro atoms. The number of benzene rings is 1. The minimum atomic E-state index is -1.53. The third kappa shape index (κ3) is 4.07. The highest BCUT2D eigenvalue weighted by Gasteiger charge is 2.40. The van der Waals surface area contributed by atoms with Gasteiger partial charge in [-0.2, -0.15) is 4.98 Å². The zero-order valence-electron chi connectivity index (χ0n) is 17.2. The molecule has 31 heavy (non-hydrogen) atoms. The summed E-state index contributed by atoms with van der Waals surface area (Å²) in [7, 11) is 0. The van der Waals surface area contributed by atoms with Crippen LogP contribution in [0.1, 0.15) is 45.2 Å². The summed E-state index contributed by atoms with van der Waals surface area (Å²) in [5.41, 5.74) is 5.89. The molecule has 0 aliphatic rings. The summed E-state index contributed by atoms with van der Waals surface area (Å²) < 4.78 is 27.4. The number of H-pyrrole nitrogens is 1. The van der Waals surface area contributed by atoms with Crippen LogP contribution in [0, 0.1) is 17.6 Å². The van der Waals surface area contributed by atoms with E-state index >= 15 is 0 Å². The average Bonchev–Trinajstić information content (AvgIpc) is 3.07. The van der Waals surface area contributed by atoms with Crippen LogP contribution in [-0.2, 0) is 4.79 Å². The van der Waals surface area contributed by atoms with Crippen molar-refractivity contribution >= 4 is 28.7 Å². The van der Waals surface area contributed by atoms with Crippen LogP contribution in [0.4, 0.5) is 8.78 Å². The number of rotatable bonds is 7. The molecule has 2 atom stereocenters. The van der Waals surface area contributed by atoms with Crippen LogP contribution in [0.3, 0.4) is 0 Å². The number of nitrogens with two attached hydrogens (primary N) is 1. The first kappa shape index (κ1) is 22.9. The van der Waals surface area contributed by atoms with Crippen LogP contribution in [0.2, 0.25) is 5.02 Å². The smallest absolute Gasteiger partial charge is 0.323 e. The zero-order chi connectivity index (χ0) is 23.1. The molecule has 0 amide bonds. The molecular weight excluding hydrogens is 430 g/mol. The number of pyridine rings is 1. The molecule has 7 nitrogen and oxygen atoms in total. The van der Waals surface area contributed by atoms with Crippen LogP contribution in [0.5, 0.6) is 6.01 Å². The maximum absolute atomic E-state index is 13.9. The van der Waals surface area contributed by atoms with E-state index in [-0.39, 0.29) is 39.7 Å². The van der Waals surface area contributed by atoms with E-state index < -0.39 is 35.1 Å². The normalized spacial score (nSPS) is 14.7. The number of aromatic nitrogens is 3. The molecule has 3 rings (SSSR count). The Hall–Kier alpha value is -2.78. The van der Waals surface area contributed by atoms with Crippen LogP contribution in [0.15, 0.2) is 18.2 Å². The summed E-state index contributed by atoms with van der Waals surface area (Å²) in [6, 6.07) is 2.87. The number of aliphatic carboxylic acids is 1. The van der Waals surface area contributed by atoms with Crippen LogP contribution >= 0.6 is 11.6 Å². The van der Waals surface area contributed by atoms with Crippen molar-refractivity contribution < 1.29 is 23.8 Å². The van der Waals surface area contributed by atoms with Crippen LogP contribution in [0.25, 0.3) is 22.3 Å². The predicted octanol–water partition coefficient (Wildman–Crippen LogP) is 4.58. The molecule has 2 aromatic heterocycles. The summed E-state index contributed by atoms with van der Waals surface area (Å²) >= 11 is 6.69. The van der Waals surface area contributed by atoms with E-state index in [2.05, 4.69) is 15.0 Å². The highest BCUT2D eigenvalue weighted by atomic mass is 35.5. The van der Waals surface area contributed by atoms with Crippen molar-refractivity contribution in [2.24, 2.45) is 11.7 Å². The summed E-state index contributed by atoms with van der Waals surface area (Å²) in [5, 5.41) is 19.7. The Balaban J connectivity index is 2.24. The minimum absolute atomic E-state index is 0.0440. The van der Waals surface area contributed by atoms with Crippen LogP contribution < -0.4 is 5.73 Å². The first-order valence-corrected chi connectivity index (χ1v) is 10.1.